The van der Waals surface area contributed by atoms with E-state index in [0.717, 1.165) is 37.0 Å². The number of hydrogen-bond acceptors (Lipinski definition) is 4. The first-order valence-electron chi connectivity index (χ1n) is 9.08. The summed E-state index contributed by atoms with van der Waals surface area (Å²) in [7, 11) is 0. The van der Waals surface area contributed by atoms with Gasteiger partial charge in [0.15, 0.2) is 0 Å². The summed E-state index contributed by atoms with van der Waals surface area (Å²) in [5, 5.41) is 23.0. The lowest BCUT2D eigenvalue weighted by atomic mass is 9.93. The molecule has 0 saturated heterocycles. The Morgan fingerprint density at radius 3 is 2.24 bits per heavy atom. The summed E-state index contributed by atoms with van der Waals surface area (Å²) < 4.78 is 5.69. The first kappa shape index (κ1) is 17.9. The molecular weight excluding hydrogens is 314 g/mol. The lowest BCUT2D eigenvalue weighted by Crippen LogP contribution is -2.40. The summed E-state index contributed by atoms with van der Waals surface area (Å²) in [4.78, 5) is 0. The molecule has 3 N–H and O–H groups in total. The van der Waals surface area contributed by atoms with E-state index in [1.807, 2.05) is 42.5 Å². The van der Waals surface area contributed by atoms with Crippen LogP contribution in [0.4, 0.5) is 0 Å². The van der Waals surface area contributed by atoms with Gasteiger partial charge in [0.2, 0.25) is 0 Å². The molecule has 0 spiro atoms. The molecule has 2 aromatic carbocycles. The van der Waals surface area contributed by atoms with Gasteiger partial charge in [-0.05, 0) is 48.9 Å². The molecule has 1 fully saturated rings. The normalized spacial score (nSPS) is 21.7. The third-order valence-electron chi connectivity index (χ3n) is 4.74. The Morgan fingerprint density at radius 1 is 0.920 bits per heavy atom. The number of nitrogens with one attached hydrogen (secondary N) is 1. The van der Waals surface area contributed by atoms with Crippen molar-refractivity contribution in [1.82, 2.24) is 5.32 Å². The van der Waals surface area contributed by atoms with Crippen molar-refractivity contribution in [3.8, 4) is 16.9 Å². The van der Waals surface area contributed by atoms with Crippen LogP contribution in [0.25, 0.3) is 11.1 Å². The molecule has 4 heteroatoms. The average Bonchev–Trinajstić information content (AvgIpc) is 2.67. The molecule has 0 bridgehead atoms. The molecule has 1 atom stereocenters. The zero-order valence-electron chi connectivity index (χ0n) is 14.5. The zero-order chi connectivity index (χ0) is 17.5. The number of benzene rings is 2. The Balaban J connectivity index is 1.40. The molecule has 134 valence electrons. The highest BCUT2D eigenvalue weighted by molar-refractivity contribution is 5.63. The van der Waals surface area contributed by atoms with E-state index in [9.17, 15) is 10.2 Å². The Bertz CT molecular complexity index is 621. The predicted octanol–water partition coefficient (Wildman–Crippen LogP) is 2.99. The molecule has 1 saturated carbocycles. The van der Waals surface area contributed by atoms with Gasteiger partial charge in [0.05, 0.1) is 6.10 Å². The minimum atomic E-state index is -0.541. The fourth-order valence-electron chi connectivity index (χ4n) is 3.21. The quantitative estimate of drug-likeness (QED) is 0.724. The SMILES string of the molecule is OC1CCC(NCC(O)COc2ccc(-c3ccccc3)cc2)CC1. The summed E-state index contributed by atoms with van der Waals surface area (Å²) in [6, 6.07) is 18.5. The summed E-state index contributed by atoms with van der Waals surface area (Å²) in [6.45, 7) is 0.788. The van der Waals surface area contributed by atoms with E-state index in [4.69, 9.17) is 4.74 Å². The summed E-state index contributed by atoms with van der Waals surface area (Å²) in [6.07, 6.45) is 2.94. The van der Waals surface area contributed by atoms with Crippen molar-refractivity contribution in [2.24, 2.45) is 0 Å². The van der Waals surface area contributed by atoms with E-state index in [1.165, 1.54) is 5.56 Å². The minimum absolute atomic E-state index is 0.148. The third kappa shape index (κ3) is 5.56. The van der Waals surface area contributed by atoms with Crippen LogP contribution in [0.15, 0.2) is 54.6 Å². The fourth-order valence-corrected chi connectivity index (χ4v) is 3.21. The van der Waals surface area contributed by atoms with Crippen molar-refractivity contribution in [2.45, 2.75) is 43.9 Å². The van der Waals surface area contributed by atoms with Gasteiger partial charge in [-0.25, -0.2) is 0 Å². The van der Waals surface area contributed by atoms with Crippen LogP contribution in [0.2, 0.25) is 0 Å². The van der Waals surface area contributed by atoms with Crippen LogP contribution in [0.5, 0.6) is 5.75 Å². The van der Waals surface area contributed by atoms with Gasteiger partial charge in [0, 0.05) is 12.6 Å². The van der Waals surface area contributed by atoms with Gasteiger partial charge in [-0.2, -0.15) is 0 Å². The van der Waals surface area contributed by atoms with E-state index < -0.39 is 6.10 Å². The molecule has 0 heterocycles. The van der Waals surface area contributed by atoms with E-state index in [0.29, 0.717) is 12.6 Å². The number of hydrogen-bond donors (Lipinski definition) is 3. The zero-order valence-corrected chi connectivity index (χ0v) is 14.5. The molecule has 1 aliphatic carbocycles. The van der Waals surface area contributed by atoms with Crippen molar-refractivity contribution >= 4 is 0 Å². The summed E-state index contributed by atoms with van der Waals surface area (Å²) >= 11 is 0. The van der Waals surface area contributed by atoms with E-state index in [2.05, 4.69) is 17.4 Å². The van der Waals surface area contributed by atoms with Crippen LogP contribution in [0.3, 0.4) is 0 Å². The average molecular weight is 341 g/mol. The first-order chi connectivity index (χ1) is 12.2. The minimum Gasteiger partial charge on any atom is -0.491 e. The van der Waals surface area contributed by atoms with Crippen LogP contribution in [-0.2, 0) is 0 Å². The molecular formula is C21H27NO3. The second kappa shape index (κ2) is 8.99. The fraction of sp³-hybridized carbons (Fsp3) is 0.429. The molecule has 1 aliphatic rings. The molecule has 0 radical (unpaired) electrons. The van der Waals surface area contributed by atoms with Crippen molar-refractivity contribution < 1.29 is 14.9 Å². The van der Waals surface area contributed by atoms with Crippen LogP contribution in [0.1, 0.15) is 25.7 Å². The Labute approximate surface area is 149 Å². The van der Waals surface area contributed by atoms with Crippen LogP contribution in [0, 0.1) is 0 Å². The van der Waals surface area contributed by atoms with Gasteiger partial charge in [-0.15, -0.1) is 0 Å². The number of ether oxygens (including phenoxy) is 1. The first-order valence-corrected chi connectivity index (χ1v) is 9.08. The topological polar surface area (TPSA) is 61.7 Å². The predicted molar refractivity (Wildman–Crippen MR) is 99.6 cm³/mol. The molecule has 0 amide bonds. The second-order valence-corrected chi connectivity index (χ2v) is 6.77. The van der Waals surface area contributed by atoms with Gasteiger partial charge >= 0.3 is 0 Å². The van der Waals surface area contributed by atoms with Gasteiger partial charge in [0.25, 0.3) is 0 Å². The van der Waals surface area contributed by atoms with Gasteiger partial charge in [-0.1, -0.05) is 42.5 Å². The van der Waals surface area contributed by atoms with Crippen molar-refractivity contribution in [3.63, 3.8) is 0 Å². The van der Waals surface area contributed by atoms with Crippen molar-refractivity contribution in [2.75, 3.05) is 13.2 Å². The van der Waals surface area contributed by atoms with Gasteiger partial charge in [-0.3, -0.25) is 0 Å². The lowest BCUT2D eigenvalue weighted by Gasteiger charge is -2.27. The van der Waals surface area contributed by atoms with Crippen LogP contribution < -0.4 is 10.1 Å². The number of aliphatic hydroxyl groups is 2. The second-order valence-electron chi connectivity index (χ2n) is 6.77. The molecule has 2 aromatic rings. The maximum Gasteiger partial charge on any atom is 0.119 e. The maximum atomic E-state index is 10.1. The van der Waals surface area contributed by atoms with Crippen LogP contribution in [-0.4, -0.2) is 41.6 Å². The van der Waals surface area contributed by atoms with E-state index >= 15 is 0 Å². The highest BCUT2D eigenvalue weighted by Crippen LogP contribution is 2.22. The van der Waals surface area contributed by atoms with Gasteiger partial charge in [0.1, 0.15) is 18.5 Å². The van der Waals surface area contributed by atoms with E-state index in [1.54, 1.807) is 0 Å². The standard InChI is InChI=1S/C21H27NO3/c23-19-10-8-18(9-11-19)22-14-20(24)15-25-21-12-6-17(7-13-21)16-4-2-1-3-5-16/h1-7,12-13,18-20,22-24H,8-11,14-15H2. The summed E-state index contributed by atoms with van der Waals surface area (Å²) in [5.74, 6) is 0.763. The lowest BCUT2D eigenvalue weighted by molar-refractivity contribution is 0.0901. The van der Waals surface area contributed by atoms with Crippen molar-refractivity contribution in [3.05, 3.63) is 54.6 Å². The number of aliphatic hydroxyl groups excluding tert-OH is 2. The largest absolute Gasteiger partial charge is 0.491 e. The Kier molecular flexibility index (Phi) is 6.45. The highest BCUT2D eigenvalue weighted by Gasteiger charge is 2.19. The molecule has 25 heavy (non-hydrogen) atoms. The van der Waals surface area contributed by atoms with Crippen LogP contribution >= 0.6 is 0 Å². The molecule has 0 aliphatic heterocycles. The monoisotopic (exact) mass is 341 g/mol. The molecule has 3 rings (SSSR count). The van der Waals surface area contributed by atoms with Gasteiger partial charge < -0.3 is 20.3 Å². The maximum absolute atomic E-state index is 10.1. The third-order valence-corrected chi connectivity index (χ3v) is 4.74. The molecule has 4 nitrogen and oxygen atoms in total. The molecule has 1 unspecified atom stereocenters. The Hall–Kier alpha value is -1.88. The number of rotatable bonds is 7. The molecule has 0 aromatic heterocycles. The Morgan fingerprint density at radius 2 is 1.56 bits per heavy atom. The van der Waals surface area contributed by atoms with E-state index in [-0.39, 0.29) is 12.7 Å². The van der Waals surface area contributed by atoms with Crippen molar-refractivity contribution in [1.29, 1.82) is 0 Å². The summed E-state index contributed by atoms with van der Waals surface area (Å²) in [5.41, 5.74) is 2.32. The highest BCUT2D eigenvalue weighted by atomic mass is 16.5. The smallest absolute Gasteiger partial charge is 0.119 e.